The Morgan fingerprint density at radius 3 is 1.10 bits per heavy atom. The molecule has 1 nitrogen and oxygen atoms in total. The molecule has 0 fully saturated rings. The van der Waals surface area contributed by atoms with E-state index in [0.717, 1.165) is 0 Å². The highest BCUT2D eigenvalue weighted by Crippen LogP contribution is 2.15. The molecule has 0 amide bonds. The molecule has 0 unspecified atom stereocenters. The van der Waals surface area contributed by atoms with Crippen molar-refractivity contribution < 1.29 is 0 Å². The second-order valence-corrected chi connectivity index (χ2v) is 9.72. The van der Waals surface area contributed by atoms with Gasteiger partial charge in [-0.2, -0.15) is 0 Å². The van der Waals surface area contributed by atoms with Crippen LogP contribution < -0.4 is 0 Å². The van der Waals surface area contributed by atoms with Gasteiger partial charge in [0.25, 0.3) is 0 Å². The monoisotopic (exact) mass is 417 g/mol. The molecule has 1 rings (SSSR count). The molecule has 1 N–H and O–H groups in total. The maximum absolute atomic E-state index is 3.30. The highest BCUT2D eigenvalue weighted by molar-refractivity contribution is 5.03. The van der Waals surface area contributed by atoms with Crippen LogP contribution in [0, 0.1) is 0 Å². The first-order valence-corrected chi connectivity index (χ1v) is 14.1. The summed E-state index contributed by atoms with van der Waals surface area (Å²) in [6.45, 7) is 2.30. The first-order chi connectivity index (χ1) is 14.9. The standard InChI is InChI=1S/C29H55N/c1-2-3-4-5-6-7-8-9-10-11-12-13-14-15-16-17-18-19-20-21-22-23-24-26-29-27-25-28-30-29/h25,27-28,30H,2-24,26H2,1H3. The Kier molecular flexibility index (Phi) is 20.9. The molecule has 0 saturated heterocycles. The van der Waals surface area contributed by atoms with Gasteiger partial charge in [0.1, 0.15) is 0 Å². The fraction of sp³-hybridized carbons (Fsp3) is 0.862. The molecule has 0 radical (unpaired) electrons. The van der Waals surface area contributed by atoms with Crippen molar-refractivity contribution in [3.63, 3.8) is 0 Å². The van der Waals surface area contributed by atoms with E-state index in [1.54, 1.807) is 0 Å². The van der Waals surface area contributed by atoms with E-state index in [4.69, 9.17) is 0 Å². The number of rotatable bonds is 24. The van der Waals surface area contributed by atoms with E-state index in [1.165, 1.54) is 160 Å². The van der Waals surface area contributed by atoms with Crippen LogP contribution in [0.3, 0.4) is 0 Å². The van der Waals surface area contributed by atoms with Gasteiger partial charge in [0.15, 0.2) is 0 Å². The maximum Gasteiger partial charge on any atom is 0.0147 e. The number of hydrogen-bond donors (Lipinski definition) is 1. The zero-order chi connectivity index (χ0) is 21.4. The average molecular weight is 418 g/mol. The van der Waals surface area contributed by atoms with E-state index >= 15 is 0 Å². The summed E-state index contributed by atoms with van der Waals surface area (Å²) in [6.07, 6.45) is 36.8. The minimum absolute atomic E-state index is 1.23. The zero-order valence-electron chi connectivity index (χ0n) is 20.7. The summed E-state index contributed by atoms with van der Waals surface area (Å²) in [4.78, 5) is 3.30. The highest BCUT2D eigenvalue weighted by Gasteiger charge is 1.96. The molecule has 0 atom stereocenters. The molecule has 30 heavy (non-hydrogen) atoms. The summed E-state index contributed by atoms with van der Waals surface area (Å²) in [5.41, 5.74) is 1.40. The van der Waals surface area contributed by atoms with Crippen LogP contribution in [-0.4, -0.2) is 4.98 Å². The quantitative estimate of drug-likeness (QED) is 0.161. The molecule has 0 aliphatic carbocycles. The van der Waals surface area contributed by atoms with Gasteiger partial charge < -0.3 is 4.98 Å². The van der Waals surface area contributed by atoms with Crippen LogP contribution in [0.2, 0.25) is 0 Å². The second-order valence-electron chi connectivity index (χ2n) is 9.72. The molecule has 1 aromatic rings. The summed E-state index contributed by atoms with van der Waals surface area (Å²) >= 11 is 0. The number of unbranched alkanes of at least 4 members (excludes halogenated alkanes) is 22. The van der Waals surface area contributed by atoms with Gasteiger partial charge in [-0.25, -0.2) is 0 Å². The molecule has 0 aliphatic rings. The van der Waals surface area contributed by atoms with Crippen molar-refractivity contribution in [1.82, 2.24) is 4.98 Å². The molecule has 0 aromatic carbocycles. The predicted octanol–water partition coefficient (Wildman–Crippen LogP) is 10.5. The Morgan fingerprint density at radius 1 is 0.467 bits per heavy atom. The SMILES string of the molecule is CCCCCCCCCCCCCCCCCCCCCCCCCc1ccc[nH]1. The first kappa shape index (κ1) is 27.3. The smallest absolute Gasteiger partial charge is 0.0147 e. The Hall–Kier alpha value is -0.720. The van der Waals surface area contributed by atoms with E-state index in [0.29, 0.717) is 0 Å². The number of aromatic amines is 1. The van der Waals surface area contributed by atoms with Crippen molar-refractivity contribution in [3.05, 3.63) is 24.0 Å². The minimum Gasteiger partial charge on any atom is -0.365 e. The van der Waals surface area contributed by atoms with E-state index in [-0.39, 0.29) is 0 Å². The third-order valence-electron chi connectivity index (χ3n) is 6.71. The van der Waals surface area contributed by atoms with Crippen molar-refractivity contribution in [1.29, 1.82) is 0 Å². The van der Waals surface area contributed by atoms with Crippen LogP contribution in [0.1, 0.15) is 160 Å². The molecule has 0 spiro atoms. The lowest BCUT2D eigenvalue weighted by molar-refractivity contribution is 0.518. The Balaban J connectivity index is 1.63. The Morgan fingerprint density at radius 2 is 0.800 bits per heavy atom. The van der Waals surface area contributed by atoms with Crippen LogP contribution in [0.15, 0.2) is 18.3 Å². The number of aromatic nitrogens is 1. The average Bonchev–Trinajstić information content (AvgIpc) is 3.28. The third-order valence-corrected chi connectivity index (χ3v) is 6.71. The molecule has 0 aliphatic heterocycles. The summed E-state index contributed by atoms with van der Waals surface area (Å²) in [5.74, 6) is 0. The summed E-state index contributed by atoms with van der Waals surface area (Å²) in [6, 6.07) is 4.31. The van der Waals surface area contributed by atoms with E-state index in [2.05, 4.69) is 24.0 Å². The molecule has 1 heterocycles. The third kappa shape index (κ3) is 19.3. The van der Waals surface area contributed by atoms with Gasteiger partial charge in [0, 0.05) is 11.9 Å². The van der Waals surface area contributed by atoms with Crippen molar-refractivity contribution in [3.8, 4) is 0 Å². The molecule has 0 bridgehead atoms. The van der Waals surface area contributed by atoms with Crippen LogP contribution in [0.25, 0.3) is 0 Å². The molecule has 1 aromatic heterocycles. The van der Waals surface area contributed by atoms with E-state index in [1.807, 2.05) is 6.20 Å². The number of aryl methyl sites for hydroxylation is 1. The summed E-state index contributed by atoms with van der Waals surface area (Å²) in [7, 11) is 0. The fourth-order valence-corrected chi connectivity index (χ4v) is 4.62. The largest absolute Gasteiger partial charge is 0.365 e. The number of hydrogen-bond acceptors (Lipinski definition) is 0. The molecule has 176 valence electrons. The van der Waals surface area contributed by atoms with Gasteiger partial charge in [0.2, 0.25) is 0 Å². The van der Waals surface area contributed by atoms with Gasteiger partial charge >= 0.3 is 0 Å². The predicted molar refractivity (Wildman–Crippen MR) is 136 cm³/mol. The lowest BCUT2D eigenvalue weighted by atomic mass is 10.0. The topological polar surface area (TPSA) is 15.8 Å². The van der Waals surface area contributed by atoms with Crippen molar-refractivity contribution >= 4 is 0 Å². The minimum atomic E-state index is 1.23. The molecule has 0 saturated carbocycles. The second kappa shape index (κ2) is 23.0. The van der Waals surface area contributed by atoms with Crippen LogP contribution in [0.4, 0.5) is 0 Å². The lowest BCUT2D eigenvalue weighted by Crippen LogP contribution is -1.86. The van der Waals surface area contributed by atoms with Crippen molar-refractivity contribution in [2.24, 2.45) is 0 Å². The van der Waals surface area contributed by atoms with Gasteiger partial charge in [-0.3, -0.25) is 0 Å². The van der Waals surface area contributed by atoms with Crippen LogP contribution >= 0.6 is 0 Å². The Bertz CT molecular complexity index is 408. The van der Waals surface area contributed by atoms with Gasteiger partial charge in [-0.15, -0.1) is 0 Å². The number of nitrogens with one attached hydrogen (secondary N) is 1. The summed E-state index contributed by atoms with van der Waals surface area (Å²) < 4.78 is 0. The van der Waals surface area contributed by atoms with Crippen LogP contribution in [-0.2, 0) is 6.42 Å². The first-order valence-electron chi connectivity index (χ1n) is 14.1. The molecular formula is C29H55N. The summed E-state index contributed by atoms with van der Waals surface area (Å²) in [5, 5.41) is 0. The van der Waals surface area contributed by atoms with Crippen molar-refractivity contribution in [2.75, 3.05) is 0 Å². The van der Waals surface area contributed by atoms with Crippen LogP contribution in [0.5, 0.6) is 0 Å². The Labute approximate surface area is 190 Å². The lowest BCUT2D eigenvalue weighted by Gasteiger charge is -2.04. The normalized spacial score (nSPS) is 11.4. The zero-order valence-corrected chi connectivity index (χ0v) is 20.7. The molecular weight excluding hydrogens is 362 g/mol. The molecule has 1 heteroatoms. The fourth-order valence-electron chi connectivity index (χ4n) is 4.62. The van der Waals surface area contributed by atoms with Crippen molar-refractivity contribution in [2.45, 2.75) is 161 Å². The van der Waals surface area contributed by atoms with Gasteiger partial charge in [-0.1, -0.05) is 148 Å². The maximum atomic E-state index is 3.30. The van der Waals surface area contributed by atoms with E-state index < -0.39 is 0 Å². The number of H-pyrrole nitrogens is 1. The highest BCUT2D eigenvalue weighted by atomic mass is 14.7. The van der Waals surface area contributed by atoms with E-state index in [9.17, 15) is 0 Å². The van der Waals surface area contributed by atoms with Gasteiger partial charge in [0.05, 0.1) is 0 Å². The van der Waals surface area contributed by atoms with Gasteiger partial charge in [-0.05, 0) is 25.0 Å².